The molecule has 0 spiro atoms. The van der Waals surface area contributed by atoms with Crippen LogP contribution in [0.2, 0.25) is 0 Å². The summed E-state index contributed by atoms with van der Waals surface area (Å²) in [7, 11) is -3.41. The lowest BCUT2D eigenvalue weighted by atomic mass is 10.2. The number of ether oxygens (including phenoxy) is 1. The Balaban J connectivity index is 2.64. The zero-order chi connectivity index (χ0) is 13.6. The lowest BCUT2D eigenvalue weighted by molar-refractivity contribution is 0.302. The van der Waals surface area contributed by atoms with Gasteiger partial charge in [0.25, 0.3) is 0 Å². The van der Waals surface area contributed by atoms with Crippen LogP contribution in [0.15, 0.2) is 23.1 Å². The van der Waals surface area contributed by atoms with Gasteiger partial charge in [-0.05, 0) is 18.6 Å². The van der Waals surface area contributed by atoms with Crippen molar-refractivity contribution in [1.82, 2.24) is 0 Å². The second-order valence-corrected chi connectivity index (χ2v) is 6.32. The molecule has 0 amide bonds. The maximum absolute atomic E-state index is 13.2. The molecular formula is C13H19FO3S. The molecule has 0 aliphatic rings. The molecule has 1 aromatic rings. The number of benzene rings is 1. The predicted molar refractivity (Wildman–Crippen MR) is 69.1 cm³/mol. The molecule has 18 heavy (non-hydrogen) atoms. The van der Waals surface area contributed by atoms with E-state index >= 15 is 0 Å². The van der Waals surface area contributed by atoms with Crippen LogP contribution in [0.3, 0.4) is 0 Å². The van der Waals surface area contributed by atoms with Gasteiger partial charge in [0.15, 0.2) is 9.84 Å². The minimum Gasteiger partial charge on any atom is -0.493 e. The summed E-state index contributed by atoms with van der Waals surface area (Å²) in [5.74, 6) is -0.326. The summed E-state index contributed by atoms with van der Waals surface area (Å²) in [4.78, 5) is -0.0499. The van der Waals surface area contributed by atoms with Crippen molar-refractivity contribution in [1.29, 1.82) is 0 Å². The van der Waals surface area contributed by atoms with Crippen LogP contribution in [0.1, 0.15) is 32.6 Å². The smallest absolute Gasteiger partial charge is 0.175 e. The van der Waals surface area contributed by atoms with Crippen LogP contribution >= 0.6 is 0 Å². The van der Waals surface area contributed by atoms with E-state index in [4.69, 9.17) is 4.74 Å². The second-order valence-electron chi connectivity index (χ2n) is 4.30. The van der Waals surface area contributed by atoms with Gasteiger partial charge in [-0.2, -0.15) is 0 Å². The second kappa shape index (κ2) is 6.73. The molecule has 0 aliphatic carbocycles. The highest BCUT2D eigenvalue weighted by Gasteiger charge is 2.10. The molecule has 0 unspecified atom stereocenters. The molecule has 1 rings (SSSR count). The summed E-state index contributed by atoms with van der Waals surface area (Å²) in [6, 6.07) is 3.56. The van der Waals surface area contributed by atoms with E-state index in [-0.39, 0.29) is 10.6 Å². The van der Waals surface area contributed by atoms with Gasteiger partial charge in [-0.3, -0.25) is 0 Å². The third-order valence-corrected chi connectivity index (χ3v) is 3.63. The number of hydrogen-bond donors (Lipinski definition) is 0. The Hall–Kier alpha value is -1.10. The van der Waals surface area contributed by atoms with Gasteiger partial charge in [0, 0.05) is 12.3 Å². The summed E-state index contributed by atoms with van der Waals surface area (Å²) >= 11 is 0. The Morgan fingerprint density at radius 3 is 2.50 bits per heavy atom. The quantitative estimate of drug-likeness (QED) is 0.717. The van der Waals surface area contributed by atoms with Gasteiger partial charge in [0.1, 0.15) is 11.6 Å². The first-order valence-corrected chi connectivity index (χ1v) is 7.96. The van der Waals surface area contributed by atoms with Crippen molar-refractivity contribution in [2.75, 3.05) is 12.9 Å². The van der Waals surface area contributed by atoms with Crippen LogP contribution in [0, 0.1) is 5.82 Å². The third-order valence-electron chi connectivity index (χ3n) is 2.54. The monoisotopic (exact) mass is 274 g/mol. The molecule has 0 atom stereocenters. The molecule has 1 aromatic carbocycles. The molecule has 0 radical (unpaired) electrons. The summed E-state index contributed by atoms with van der Waals surface area (Å²) in [5, 5.41) is 0. The van der Waals surface area contributed by atoms with Crippen molar-refractivity contribution in [3.05, 3.63) is 24.0 Å². The summed E-state index contributed by atoms with van der Waals surface area (Å²) < 4.78 is 41.3. The molecule has 0 N–H and O–H groups in total. The van der Waals surface area contributed by atoms with Crippen molar-refractivity contribution in [3.63, 3.8) is 0 Å². The Labute approximate surface area is 108 Å². The van der Waals surface area contributed by atoms with Gasteiger partial charge in [-0.1, -0.05) is 26.2 Å². The van der Waals surface area contributed by atoms with Crippen LogP contribution in [-0.4, -0.2) is 21.3 Å². The minimum atomic E-state index is -3.41. The lowest BCUT2D eigenvalue weighted by Gasteiger charge is -2.07. The number of halogens is 1. The average Bonchev–Trinajstić information content (AvgIpc) is 2.27. The first-order chi connectivity index (χ1) is 8.43. The van der Waals surface area contributed by atoms with Crippen LogP contribution in [0.25, 0.3) is 0 Å². The molecular weight excluding hydrogens is 255 g/mol. The van der Waals surface area contributed by atoms with E-state index in [1.807, 2.05) is 0 Å². The number of rotatable bonds is 7. The number of unbranched alkanes of at least 4 members (excludes halogenated alkanes) is 3. The van der Waals surface area contributed by atoms with Gasteiger partial charge < -0.3 is 4.74 Å². The van der Waals surface area contributed by atoms with Crippen molar-refractivity contribution >= 4 is 9.84 Å². The van der Waals surface area contributed by atoms with Gasteiger partial charge in [0.2, 0.25) is 0 Å². The number of hydrogen-bond acceptors (Lipinski definition) is 3. The SMILES string of the molecule is CCCCCCOc1cc(F)cc(S(C)(=O)=O)c1. The zero-order valence-electron chi connectivity index (χ0n) is 10.8. The summed E-state index contributed by atoms with van der Waals surface area (Å²) in [5.41, 5.74) is 0. The molecule has 0 fully saturated rings. The molecule has 102 valence electrons. The fraction of sp³-hybridized carbons (Fsp3) is 0.538. The van der Waals surface area contributed by atoms with Crippen LogP contribution < -0.4 is 4.74 Å². The fourth-order valence-electron chi connectivity index (χ4n) is 1.55. The van der Waals surface area contributed by atoms with E-state index in [0.717, 1.165) is 38.0 Å². The van der Waals surface area contributed by atoms with Gasteiger partial charge in [-0.25, -0.2) is 12.8 Å². The van der Waals surface area contributed by atoms with Crippen LogP contribution in [-0.2, 0) is 9.84 Å². The fourth-order valence-corrected chi connectivity index (χ4v) is 2.21. The zero-order valence-corrected chi connectivity index (χ0v) is 11.6. The maximum atomic E-state index is 13.2. The standard InChI is InChI=1S/C13H19FO3S/c1-3-4-5-6-7-17-12-8-11(14)9-13(10-12)18(2,15)16/h8-10H,3-7H2,1-2H3. The Morgan fingerprint density at radius 1 is 1.17 bits per heavy atom. The normalized spacial score (nSPS) is 11.5. The maximum Gasteiger partial charge on any atom is 0.175 e. The molecule has 0 aromatic heterocycles. The topological polar surface area (TPSA) is 43.4 Å². The molecule has 0 aliphatic heterocycles. The highest BCUT2D eigenvalue weighted by Crippen LogP contribution is 2.20. The van der Waals surface area contributed by atoms with E-state index in [1.54, 1.807) is 0 Å². The number of sulfone groups is 1. The van der Waals surface area contributed by atoms with Gasteiger partial charge in [0.05, 0.1) is 11.5 Å². The van der Waals surface area contributed by atoms with E-state index in [9.17, 15) is 12.8 Å². The van der Waals surface area contributed by atoms with E-state index in [2.05, 4.69) is 6.92 Å². The highest BCUT2D eigenvalue weighted by atomic mass is 32.2. The van der Waals surface area contributed by atoms with E-state index in [1.165, 1.54) is 12.1 Å². The summed E-state index contributed by atoms with van der Waals surface area (Å²) in [6.07, 6.45) is 5.27. The lowest BCUT2D eigenvalue weighted by Crippen LogP contribution is -2.01. The molecule has 0 saturated carbocycles. The predicted octanol–water partition coefficient (Wildman–Crippen LogP) is 3.19. The first-order valence-electron chi connectivity index (χ1n) is 6.07. The van der Waals surface area contributed by atoms with Crippen molar-refractivity contribution in [2.24, 2.45) is 0 Å². The van der Waals surface area contributed by atoms with Crippen LogP contribution in [0.5, 0.6) is 5.75 Å². The Kier molecular flexibility index (Phi) is 5.59. The van der Waals surface area contributed by atoms with Gasteiger partial charge >= 0.3 is 0 Å². The minimum absolute atomic E-state index is 0.0499. The molecule has 5 heteroatoms. The Morgan fingerprint density at radius 2 is 1.89 bits per heavy atom. The average molecular weight is 274 g/mol. The van der Waals surface area contributed by atoms with Crippen LogP contribution in [0.4, 0.5) is 4.39 Å². The molecule has 0 heterocycles. The largest absolute Gasteiger partial charge is 0.493 e. The summed E-state index contributed by atoms with van der Waals surface area (Å²) in [6.45, 7) is 2.60. The van der Waals surface area contributed by atoms with E-state index < -0.39 is 15.7 Å². The molecule has 0 bridgehead atoms. The first kappa shape index (κ1) is 15.0. The van der Waals surface area contributed by atoms with E-state index in [0.29, 0.717) is 6.61 Å². The van der Waals surface area contributed by atoms with Crippen molar-refractivity contribution in [2.45, 2.75) is 37.5 Å². The molecule has 3 nitrogen and oxygen atoms in total. The molecule has 0 saturated heterocycles. The third kappa shape index (κ3) is 5.04. The Bertz CT molecular complexity index is 483. The van der Waals surface area contributed by atoms with Crippen molar-refractivity contribution in [3.8, 4) is 5.75 Å². The highest BCUT2D eigenvalue weighted by molar-refractivity contribution is 7.90. The van der Waals surface area contributed by atoms with Gasteiger partial charge in [-0.15, -0.1) is 0 Å². The van der Waals surface area contributed by atoms with Crippen molar-refractivity contribution < 1.29 is 17.5 Å².